The molecule has 0 fully saturated rings. The zero-order valence-electron chi connectivity index (χ0n) is 66.9. The first-order valence-corrected chi connectivity index (χ1v) is 46.0. The number of unbranched alkanes of at least 4 members (excludes halogenated alkanes) is 52. The van der Waals surface area contributed by atoms with Crippen LogP contribution in [0.25, 0.3) is 0 Å². The van der Waals surface area contributed by atoms with Crippen LogP contribution in [0.2, 0.25) is 0 Å². The molecule has 0 aliphatic carbocycles. The van der Waals surface area contributed by atoms with Crippen molar-refractivity contribution >= 4 is 39.5 Å². The van der Waals surface area contributed by atoms with E-state index in [0.29, 0.717) is 25.7 Å². The molecular weight excluding hydrogens is 1330 g/mol. The van der Waals surface area contributed by atoms with Crippen LogP contribution in [0.5, 0.6) is 0 Å². The fourth-order valence-corrected chi connectivity index (χ4v) is 14.5. The molecule has 0 radical (unpaired) electrons. The average molecular weight is 1490 g/mol. The maximum atomic E-state index is 13.1. The molecule has 0 spiro atoms. The molecule has 0 aromatic heterocycles. The van der Waals surface area contributed by atoms with Gasteiger partial charge < -0.3 is 33.8 Å². The molecule has 0 rings (SSSR count). The van der Waals surface area contributed by atoms with Crippen molar-refractivity contribution in [1.29, 1.82) is 0 Å². The van der Waals surface area contributed by atoms with Gasteiger partial charge in [-0.1, -0.05) is 388 Å². The minimum absolute atomic E-state index is 0.107. The van der Waals surface area contributed by atoms with E-state index in [0.717, 1.165) is 102 Å². The number of carbonyl (C=O) groups is 4. The average Bonchev–Trinajstić information content (AvgIpc) is 1.22. The SMILES string of the molecule is CCCCCCCCCCCCCCCCCCCCC(=O)OC[C@H](COP(=O)(O)OC[C@@H](O)COP(=O)(O)OC[C@@H](COC(=O)CCCCCCCCCCCCCCC)OC(=O)CCCCCCCCCCCCC(C)C)OC(=O)CCCCCCCCCCCCCCCCCC(C)C. The molecule has 0 bridgehead atoms. The van der Waals surface area contributed by atoms with Gasteiger partial charge in [0.1, 0.15) is 19.3 Å². The summed E-state index contributed by atoms with van der Waals surface area (Å²) < 4.78 is 68.8. The lowest BCUT2D eigenvalue weighted by Gasteiger charge is -2.21. The van der Waals surface area contributed by atoms with Crippen molar-refractivity contribution in [2.75, 3.05) is 39.6 Å². The highest BCUT2D eigenvalue weighted by molar-refractivity contribution is 7.47. The first kappa shape index (κ1) is 100. The van der Waals surface area contributed by atoms with E-state index in [1.165, 1.54) is 257 Å². The predicted octanol–water partition coefficient (Wildman–Crippen LogP) is 25.1. The van der Waals surface area contributed by atoms with E-state index in [2.05, 4.69) is 41.5 Å². The van der Waals surface area contributed by atoms with E-state index in [9.17, 15) is 43.2 Å². The van der Waals surface area contributed by atoms with Crippen LogP contribution in [-0.2, 0) is 65.4 Å². The quantitative estimate of drug-likeness (QED) is 0.0222. The van der Waals surface area contributed by atoms with Gasteiger partial charge in [-0.05, 0) is 37.5 Å². The van der Waals surface area contributed by atoms with Gasteiger partial charge in [0.05, 0.1) is 26.4 Å². The number of rotatable bonds is 82. The van der Waals surface area contributed by atoms with Crippen molar-refractivity contribution < 1.29 is 80.2 Å². The van der Waals surface area contributed by atoms with Gasteiger partial charge in [0.25, 0.3) is 0 Å². The first-order chi connectivity index (χ1) is 49.4. The normalized spacial score (nSPS) is 13.9. The lowest BCUT2D eigenvalue weighted by Crippen LogP contribution is -2.30. The van der Waals surface area contributed by atoms with Crippen molar-refractivity contribution in [3.8, 4) is 0 Å². The van der Waals surface area contributed by atoms with Crippen molar-refractivity contribution in [2.24, 2.45) is 11.8 Å². The number of carbonyl (C=O) groups excluding carboxylic acids is 4. The molecule has 19 heteroatoms. The molecule has 0 aromatic rings. The second-order valence-electron chi connectivity index (χ2n) is 30.8. The fraction of sp³-hybridized carbons (Fsp3) is 0.952. The predicted molar refractivity (Wildman–Crippen MR) is 418 cm³/mol. The third kappa shape index (κ3) is 76.3. The molecule has 0 heterocycles. The minimum Gasteiger partial charge on any atom is -0.462 e. The largest absolute Gasteiger partial charge is 0.472 e. The van der Waals surface area contributed by atoms with Crippen LogP contribution in [0.1, 0.15) is 440 Å². The van der Waals surface area contributed by atoms with Gasteiger partial charge in [-0.25, -0.2) is 9.13 Å². The number of aliphatic hydroxyl groups excluding tert-OH is 1. The number of ether oxygens (including phenoxy) is 4. The highest BCUT2D eigenvalue weighted by Crippen LogP contribution is 2.45. The Bertz CT molecular complexity index is 1960. The summed E-state index contributed by atoms with van der Waals surface area (Å²) in [5.74, 6) is -0.549. The van der Waals surface area contributed by atoms with Crippen LogP contribution in [0.15, 0.2) is 0 Å². The van der Waals surface area contributed by atoms with Crippen LogP contribution < -0.4 is 0 Å². The number of hydrogen-bond donors (Lipinski definition) is 3. The standard InChI is InChI=1S/C83H162O17P2/c1-7-9-11-13-15-17-19-21-22-23-24-27-31-35-42-48-54-60-66-81(86)94-71-78(99-82(87)67-61-55-49-43-36-32-28-25-26-30-33-39-45-51-57-63-75(3)4)73-97-101(89,90)95-69-77(84)70-96-102(91,92)98-74-79(100-83(88)68-62-56-50-44-38-37-40-46-52-58-64-76(5)6)72-93-80(85)65-59-53-47-41-34-29-20-18-16-14-12-10-8-2/h75-79,84H,7-74H2,1-6H3,(H,89,90)(H,91,92)/t77-,78-,79-/m1/s1. The topological polar surface area (TPSA) is 237 Å². The molecule has 0 amide bonds. The maximum Gasteiger partial charge on any atom is 0.472 e. The van der Waals surface area contributed by atoms with Crippen LogP contribution in [0.4, 0.5) is 0 Å². The van der Waals surface area contributed by atoms with Gasteiger partial charge in [0.15, 0.2) is 12.2 Å². The van der Waals surface area contributed by atoms with Crippen LogP contribution in [0.3, 0.4) is 0 Å². The second-order valence-corrected chi connectivity index (χ2v) is 33.7. The zero-order valence-corrected chi connectivity index (χ0v) is 68.7. The second kappa shape index (κ2) is 74.5. The van der Waals surface area contributed by atoms with Gasteiger partial charge in [0.2, 0.25) is 0 Å². The Kier molecular flexibility index (Phi) is 73.1. The molecule has 0 aliphatic heterocycles. The Balaban J connectivity index is 5.26. The minimum atomic E-state index is -4.96. The van der Waals surface area contributed by atoms with Gasteiger partial charge in [0, 0.05) is 25.7 Å². The van der Waals surface area contributed by atoms with Gasteiger partial charge in [-0.3, -0.25) is 37.3 Å². The van der Waals surface area contributed by atoms with Gasteiger partial charge in [-0.2, -0.15) is 0 Å². The monoisotopic (exact) mass is 1490 g/mol. The summed E-state index contributed by atoms with van der Waals surface area (Å²) in [7, 11) is -9.92. The summed E-state index contributed by atoms with van der Waals surface area (Å²) >= 11 is 0. The molecule has 0 aliphatic rings. The van der Waals surface area contributed by atoms with E-state index >= 15 is 0 Å². The molecular formula is C83H162O17P2. The van der Waals surface area contributed by atoms with Crippen LogP contribution in [-0.4, -0.2) is 96.7 Å². The molecule has 0 saturated carbocycles. The Morgan fingerprint density at radius 1 is 0.265 bits per heavy atom. The lowest BCUT2D eigenvalue weighted by molar-refractivity contribution is -0.161. The summed E-state index contributed by atoms with van der Waals surface area (Å²) in [5.41, 5.74) is 0. The van der Waals surface area contributed by atoms with Crippen molar-refractivity contribution in [1.82, 2.24) is 0 Å². The summed E-state index contributed by atoms with van der Waals surface area (Å²) in [5, 5.41) is 10.7. The lowest BCUT2D eigenvalue weighted by atomic mass is 10.0. The highest BCUT2D eigenvalue weighted by atomic mass is 31.2. The highest BCUT2D eigenvalue weighted by Gasteiger charge is 2.30. The third-order valence-electron chi connectivity index (χ3n) is 19.5. The Morgan fingerprint density at radius 2 is 0.451 bits per heavy atom. The zero-order chi connectivity index (χ0) is 74.9. The van der Waals surface area contributed by atoms with Gasteiger partial charge >= 0.3 is 39.5 Å². The molecule has 606 valence electrons. The molecule has 17 nitrogen and oxygen atoms in total. The molecule has 102 heavy (non-hydrogen) atoms. The third-order valence-corrected chi connectivity index (χ3v) is 21.4. The van der Waals surface area contributed by atoms with Gasteiger partial charge in [-0.15, -0.1) is 0 Å². The smallest absolute Gasteiger partial charge is 0.462 e. The van der Waals surface area contributed by atoms with E-state index in [1.807, 2.05) is 0 Å². The number of phosphoric ester groups is 2. The van der Waals surface area contributed by atoms with E-state index in [1.54, 1.807) is 0 Å². The molecule has 5 atom stereocenters. The number of esters is 4. The summed E-state index contributed by atoms with van der Waals surface area (Å²) in [4.78, 5) is 73.1. The van der Waals surface area contributed by atoms with Crippen LogP contribution in [0, 0.1) is 11.8 Å². The van der Waals surface area contributed by atoms with Crippen molar-refractivity contribution in [3.63, 3.8) is 0 Å². The number of phosphoric acid groups is 2. The number of aliphatic hydroxyl groups is 1. The molecule has 3 N–H and O–H groups in total. The van der Waals surface area contributed by atoms with E-state index in [4.69, 9.17) is 37.0 Å². The van der Waals surface area contributed by atoms with Crippen molar-refractivity contribution in [3.05, 3.63) is 0 Å². The fourth-order valence-electron chi connectivity index (χ4n) is 12.9. The van der Waals surface area contributed by atoms with E-state index in [-0.39, 0.29) is 25.7 Å². The number of hydrogen-bond acceptors (Lipinski definition) is 15. The molecule has 2 unspecified atom stereocenters. The van der Waals surface area contributed by atoms with Crippen LogP contribution >= 0.6 is 15.6 Å². The Hall–Kier alpha value is -1.94. The Morgan fingerprint density at radius 3 is 0.667 bits per heavy atom. The molecule has 0 saturated heterocycles. The molecule has 0 aromatic carbocycles. The Labute approximate surface area is 626 Å². The summed E-state index contributed by atoms with van der Waals surface area (Å²) in [6.45, 7) is 9.67. The maximum absolute atomic E-state index is 13.1. The summed E-state index contributed by atoms with van der Waals surface area (Å²) in [6, 6.07) is 0. The summed E-state index contributed by atoms with van der Waals surface area (Å²) in [6.07, 6.45) is 65.1. The first-order valence-electron chi connectivity index (χ1n) is 43.0. The van der Waals surface area contributed by atoms with E-state index < -0.39 is 97.5 Å². The van der Waals surface area contributed by atoms with Crippen molar-refractivity contribution in [2.45, 2.75) is 458 Å².